The highest BCUT2D eigenvalue weighted by atomic mass is 16.7. The fourth-order valence-corrected chi connectivity index (χ4v) is 10.6. The molecule has 41 heavy (non-hydrogen) atoms. The van der Waals surface area contributed by atoms with Crippen LogP contribution < -0.4 is 0 Å². The molecule has 0 bridgehead atoms. The van der Waals surface area contributed by atoms with E-state index < -0.39 is 47.8 Å². The summed E-state index contributed by atoms with van der Waals surface area (Å²) >= 11 is 0. The summed E-state index contributed by atoms with van der Waals surface area (Å²) in [5.74, 6) is 0.244. The van der Waals surface area contributed by atoms with E-state index >= 15 is 0 Å². The topological polar surface area (TPSA) is 138 Å². The van der Waals surface area contributed by atoms with Gasteiger partial charge in [-0.05, 0) is 93.0 Å². The molecule has 1 saturated heterocycles. The summed E-state index contributed by atoms with van der Waals surface area (Å²) in [6.07, 6.45) is 3.32. The van der Waals surface area contributed by atoms with Crippen LogP contribution in [0.5, 0.6) is 0 Å². The molecular weight excluding hydrogens is 530 g/mol. The molecule has 0 aromatic rings. The van der Waals surface area contributed by atoms with E-state index in [4.69, 9.17) is 19.0 Å². The van der Waals surface area contributed by atoms with Gasteiger partial charge in [0.05, 0.1) is 24.9 Å². The van der Waals surface area contributed by atoms with Gasteiger partial charge in [-0.15, -0.1) is 0 Å². The second-order valence-electron chi connectivity index (χ2n) is 14.3. The molecule has 10 nitrogen and oxygen atoms in total. The average Bonchev–Trinajstić information content (AvgIpc) is 3.49. The lowest BCUT2D eigenvalue weighted by atomic mass is 9.42. The minimum absolute atomic E-state index is 0.0128. The Bertz CT molecular complexity index is 1050. The third-order valence-electron chi connectivity index (χ3n) is 12.9. The number of hydroxylamine groups is 2. The fraction of sp³-hybridized carbons (Fsp3) is 0.903. The Morgan fingerprint density at radius 1 is 1.00 bits per heavy atom. The van der Waals surface area contributed by atoms with Crippen LogP contribution in [-0.2, 0) is 23.8 Å². The molecule has 6 aliphatic rings. The first-order chi connectivity index (χ1) is 19.4. The first-order valence-corrected chi connectivity index (χ1v) is 15.5. The maximum Gasteiger partial charge on any atom is 0.331 e. The van der Waals surface area contributed by atoms with Crippen LogP contribution in [-0.4, -0.2) is 101 Å². The van der Waals surface area contributed by atoms with Crippen LogP contribution in [0, 0.1) is 34.5 Å². The zero-order chi connectivity index (χ0) is 29.5. The monoisotopic (exact) mass is 579 g/mol. The third kappa shape index (κ3) is 4.23. The van der Waals surface area contributed by atoms with Gasteiger partial charge in [0.1, 0.15) is 24.9 Å². The fourth-order valence-electron chi connectivity index (χ4n) is 10.6. The highest BCUT2D eigenvalue weighted by Crippen LogP contribution is 2.70. The molecule has 0 amide bonds. The Hall–Kier alpha value is -1.11. The van der Waals surface area contributed by atoms with Crippen molar-refractivity contribution in [1.29, 1.82) is 0 Å². The number of cyclic esters (lactones) is 1. The van der Waals surface area contributed by atoms with Crippen LogP contribution in [0.2, 0.25) is 0 Å². The molecule has 14 atom stereocenters. The minimum atomic E-state index is -1.07. The standard InChI is InChI=1S/C31H49NO9/c1-16-25(35)27(38-4)26(36)28(41-16)32(39-5)19-8-10-29(2)18(13-19)6-7-21-22(29)14-23(33)30(3)20(9-11-31(21,30)37)17-12-24(34)40-15-17/h12,16,18-23,25-28,33,35-37H,6-11,13-15H2,1-5H3/t16-,18-,19+,20-,21-,22+,23-,25-,26-,27+,28-,29+,30+,31+/m1/s1. The van der Waals surface area contributed by atoms with Gasteiger partial charge in [-0.25, -0.2) is 4.79 Å². The van der Waals surface area contributed by atoms with Crippen molar-refractivity contribution >= 4 is 5.97 Å². The molecule has 4 saturated carbocycles. The van der Waals surface area contributed by atoms with Gasteiger partial charge in [0.25, 0.3) is 0 Å². The van der Waals surface area contributed by atoms with E-state index in [1.807, 2.05) is 6.92 Å². The van der Waals surface area contributed by atoms with Crippen LogP contribution in [0.4, 0.5) is 0 Å². The predicted octanol–water partition coefficient (Wildman–Crippen LogP) is 1.93. The number of esters is 1. The number of carbonyl (C=O) groups is 1. The summed E-state index contributed by atoms with van der Waals surface area (Å²) < 4.78 is 16.7. The Morgan fingerprint density at radius 3 is 2.41 bits per heavy atom. The van der Waals surface area contributed by atoms with Crippen molar-refractivity contribution in [3.05, 3.63) is 11.6 Å². The van der Waals surface area contributed by atoms with E-state index in [1.165, 1.54) is 7.11 Å². The molecular formula is C31H49NO9. The normalized spacial score (nSPS) is 53.4. The summed E-state index contributed by atoms with van der Waals surface area (Å²) in [6.45, 7) is 6.43. The van der Waals surface area contributed by atoms with Crippen molar-refractivity contribution in [3.8, 4) is 0 Å². The molecule has 0 aromatic heterocycles. The molecule has 5 fully saturated rings. The lowest BCUT2D eigenvalue weighted by Gasteiger charge is -2.65. The Balaban J connectivity index is 1.22. The van der Waals surface area contributed by atoms with Crippen molar-refractivity contribution in [2.75, 3.05) is 20.8 Å². The zero-order valence-corrected chi connectivity index (χ0v) is 25.1. The predicted molar refractivity (Wildman–Crippen MR) is 147 cm³/mol. The Morgan fingerprint density at radius 2 is 1.76 bits per heavy atom. The molecule has 4 N–H and O–H groups in total. The highest BCUT2D eigenvalue weighted by molar-refractivity contribution is 5.85. The summed E-state index contributed by atoms with van der Waals surface area (Å²) in [4.78, 5) is 17.7. The van der Waals surface area contributed by atoms with E-state index in [0.29, 0.717) is 18.8 Å². The summed E-state index contributed by atoms with van der Waals surface area (Å²) in [5, 5.41) is 47.6. The molecule has 0 radical (unpaired) electrons. The quantitative estimate of drug-likeness (QED) is 0.282. The van der Waals surface area contributed by atoms with Crippen LogP contribution in [0.15, 0.2) is 11.6 Å². The van der Waals surface area contributed by atoms with Gasteiger partial charge in [0.2, 0.25) is 0 Å². The second-order valence-corrected chi connectivity index (χ2v) is 14.3. The van der Waals surface area contributed by atoms with Gasteiger partial charge >= 0.3 is 5.97 Å². The van der Waals surface area contributed by atoms with E-state index in [2.05, 4.69) is 6.92 Å². The number of rotatable bonds is 5. The summed E-state index contributed by atoms with van der Waals surface area (Å²) in [5.41, 5.74) is -0.849. The molecule has 0 spiro atoms. The molecule has 2 aliphatic heterocycles. The van der Waals surface area contributed by atoms with Gasteiger partial charge in [-0.1, -0.05) is 13.8 Å². The molecule has 4 aliphatic carbocycles. The SMILES string of the molecule is CO[C@@H]1[C@@H](O)[C@H](N(OC)[C@H]2CC[C@@]3(C)[C@H](CC[C@@H]4[C@@H]3C[C@@H](O)[C@]3(C)[C@@H](C5=CC(=O)OC5)CC[C@]43O)C2)O[C@H](C)[C@H]1O. The maximum atomic E-state index is 12.5. The van der Waals surface area contributed by atoms with Gasteiger partial charge in [-0.2, -0.15) is 5.06 Å². The van der Waals surface area contributed by atoms with Gasteiger partial charge in [-0.3, -0.25) is 4.84 Å². The van der Waals surface area contributed by atoms with Gasteiger partial charge in [0, 0.05) is 24.6 Å². The number of fused-ring (bicyclic) bond motifs is 5. The first kappa shape index (κ1) is 29.9. The molecule has 2 heterocycles. The number of nitrogens with zero attached hydrogens (tertiary/aromatic N) is 1. The van der Waals surface area contributed by atoms with Gasteiger partial charge in [0.15, 0.2) is 6.23 Å². The van der Waals surface area contributed by atoms with Crippen molar-refractivity contribution in [1.82, 2.24) is 5.06 Å². The minimum Gasteiger partial charge on any atom is -0.458 e. The summed E-state index contributed by atoms with van der Waals surface area (Å²) in [7, 11) is 3.08. The van der Waals surface area contributed by atoms with Crippen LogP contribution in [0.3, 0.4) is 0 Å². The third-order valence-corrected chi connectivity index (χ3v) is 12.9. The summed E-state index contributed by atoms with van der Waals surface area (Å²) in [6, 6.07) is 0.0128. The van der Waals surface area contributed by atoms with E-state index in [9.17, 15) is 25.2 Å². The van der Waals surface area contributed by atoms with E-state index in [-0.39, 0.29) is 41.8 Å². The molecule has 0 aromatic carbocycles. The van der Waals surface area contributed by atoms with Gasteiger partial charge < -0.3 is 34.6 Å². The number of methoxy groups -OCH3 is 1. The number of hydrogen-bond acceptors (Lipinski definition) is 10. The lowest BCUT2D eigenvalue weighted by molar-refractivity contribution is -0.342. The number of ether oxygens (including phenoxy) is 3. The van der Waals surface area contributed by atoms with E-state index in [1.54, 1.807) is 25.2 Å². The van der Waals surface area contributed by atoms with Crippen LogP contribution in [0.25, 0.3) is 0 Å². The average molecular weight is 580 g/mol. The molecule has 0 unspecified atom stereocenters. The van der Waals surface area contributed by atoms with Crippen molar-refractivity contribution in [2.45, 2.75) is 121 Å². The Labute approximate surface area is 242 Å². The van der Waals surface area contributed by atoms with Crippen molar-refractivity contribution < 1.29 is 44.3 Å². The van der Waals surface area contributed by atoms with Crippen molar-refractivity contribution in [3.63, 3.8) is 0 Å². The number of carbonyl (C=O) groups excluding carboxylic acids is 1. The van der Waals surface area contributed by atoms with E-state index in [0.717, 1.165) is 44.1 Å². The second kappa shape index (κ2) is 10.5. The largest absolute Gasteiger partial charge is 0.458 e. The number of aliphatic hydroxyl groups is 4. The molecule has 10 heteroatoms. The zero-order valence-electron chi connectivity index (χ0n) is 25.1. The van der Waals surface area contributed by atoms with Crippen molar-refractivity contribution in [2.24, 2.45) is 34.5 Å². The first-order valence-electron chi connectivity index (χ1n) is 15.5. The molecule has 6 rings (SSSR count). The number of aliphatic hydroxyl groups excluding tert-OH is 3. The highest BCUT2D eigenvalue weighted by Gasteiger charge is 2.71. The smallest absolute Gasteiger partial charge is 0.331 e. The van der Waals surface area contributed by atoms with Crippen LogP contribution >= 0.6 is 0 Å². The molecule has 232 valence electrons. The van der Waals surface area contributed by atoms with Crippen LogP contribution in [0.1, 0.15) is 72.1 Å². The Kier molecular flexibility index (Phi) is 7.67. The number of hydrogen-bond donors (Lipinski definition) is 4. The lowest BCUT2D eigenvalue weighted by Crippen LogP contribution is -2.68. The maximum absolute atomic E-state index is 12.5.